The molecule has 0 aliphatic carbocycles. The minimum atomic E-state index is -0.900. The third kappa shape index (κ3) is 4.60. The first kappa shape index (κ1) is 16.0. The van der Waals surface area contributed by atoms with Crippen LogP contribution in [0.2, 0.25) is 0 Å². The molecule has 1 aromatic carbocycles. The molecule has 1 aromatic heterocycles. The van der Waals surface area contributed by atoms with Crippen LogP contribution in [-0.2, 0) is 17.9 Å². The topological polar surface area (TPSA) is 65.7 Å². The number of furan rings is 1. The van der Waals surface area contributed by atoms with E-state index in [0.717, 1.165) is 11.3 Å². The lowest BCUT2D eigenvalue weighted by Gasteiger charge is -2.20. The lowest BCUT2D eigenvalue weighted by Crippen LogP contribution is -2.22. The van der Waals surface area contributed by atoms with Crippen LogP contribution in [0.15, 0.2) is 41.0 Å². The number of anilines is 1. The third-order valence-electron chi connectivity index (χ3n) is 3.29. The predicted octanol–water partition coefficient (Wildman–Crippen LogP) is 2.62. The van der Waals surface area contributed by atoms with E-state index in [2.05, 4.69) is 5.32 Å². The Morgan fingerprint density at radius 2 is 2.18 bits per heavy atom. The van der Waals surface area contributed by atoms with Gasteiger partial charge in [0.1, 0.15) is 11.6 Å². The van der Waals surface area contributed by atoms with E-state index in [1.165, 1.54) is 6.07 Å². The van der Waals surface area contributed by atoms with Crippen LogP contribution < -0.4 is 10.2 Å². The van der Waals surface area contributed by atoms with Gasteiger partial charge in [0.15, 0.2) is 0 Å². The summed E-state index contributed by atoms with van der Waals surface area (Å²) in [6, 6.07) is 8.54. The van der Waals surface area contributed by atoms with Crippen molar-refractivity contribution in [2.75, 3.05) is 18.5 Å². The Labute approximate surface area is 128 Å². The smallest absolute Gasteiger partial charge is 0.305 e. The second-order valence-electron chi connectivity index (χ2n) is 5.03. The van der Waals surface area contributed by atoms with Crippen molar-refractivity contribution in [3.8, 4) is 0 Å². The highest BCUT2D eigenvalue weighted by molar-refractivity contribution is 5.67. The molecule has 118 valence electrons. The minimum absolute atomic E-state index is 0.0308. The summed E-state index contributed by atoms with van der Waals surface area (Å²) in [5.41, 5.74) is 1.32. The van der Waals surface area contributed by atoms with E-state index in [9.17, 15) is 9.18 Å². The lowest BCUT2D eigenvalue weighted by atomic mass is 10.1. The molecule has 0 saturated heterocycles. The van der Waals surface area contributed by atoms with Crippen LogP contribution in [0.1, 0.15) is 17.7 Å². The van der Waals surface area contributed by atoms with E-state index >= 15 is 0 Å². The van der Waals surface area contributed by atoms with E-state index in [1.807, 2.05) is 12.1 Å². The highest BCUT2D eigenvalue weighted by atomic mass is 19.1. The van der Waals surface area contributed by atoms with Gasteiger partial charge in [-0.05, 0) is 29.8 Å². The van der Waals surface area contributed by atoms with Crippen molar-refractivity contribution >= 4 is 11.7 Å². The fraction of sp³-hybridized carbons (Fsp3) is 0.312. The standard InChI is InChI=1S/C16H19FN2O3/c1-19(7-6-16(20)21)15-9-12(4-5-14(15)17)10-18-11-13-3-2-8-22-13/h2-5,8-9,18H,6-7,10-11H2,1H3,(H,20,21). The molecule has 2 aromatic rings. The molecular formula is C16H19FN2O3. The van der Waals surface area contributed by atoms with Gasteiger partial charge in [-0.3, -0.25) is 4.79 Å². The summed E-state index contributed by atoms with van der Waals surface area (Å²) in [5, 5.41) is 11.9. The molecule has 0 bridgehead atoms. The van der Waals surface area contributed by atoms with E-state index in [1.54, 1.807) is 30.3 Å². The number of rotatable bonds is 8. The van der Waals surface area contributed by atoms with E-state index in [4.69, 9.17) is 9.52 Å². The molecule has 5 nitrogen and oxygen atoms in total. The highest BCUT2D eigenvalue weighted by Crippen LogP contribution is 2.20. The predicted molar refractivity (Wildman–Crippen MR) is 81.2 cm³/mol. The van der Waals surface area contributed by atoms with Crippen molar-refractivity contribution < 1.29 is 18.7 Å². The van der Waals surface area contributed by atoms with Crippen molar-refractivity contribution in [1.82, 2.24) is 5.32 Å². The molecule has 0 atom stereocenters. The third-order valence-corrected chi connectivity index (χ3v) is 3.29. The number of carbonyl (C=O) groups is 1. The summed E-state index contributed by atoms with van der Waals surface area (Å²) >= 11 is 0. The summed E-state index contributed by atoms with van der Waals surface area (Å²) in [6.07, 6.45) is 1.58. The van der Waals surface area contributed by atoms with Gasteiger partial charge in [-0.1, -0.05) is 6.07 Å². The van der Waals surface area contributed by atoms with Gasteiger partial charge in [0, 0.05) is 20.1 Å². The normalized spacial score (nSPS) is 10.6. The molecule has 0 amide bonds. The largest absolute Gasteiger partial charge is 0.481 e. The van der Waals surface area contributed by atoms with Gasteiger partial charge in [0.05, 0.1) is 24.9 Å². The van der Waals surface area contributed by atoms with E-state index in [0.29, 0.717) is 18.8 Å². The summed E-state index contributed by atoms with van der Waals surface area (Å²) < 4.78 is 19.1. The molecule has 0 aliphatic rings. The first-order valence-electron chi connectivity index (χ1n) is 7.00. The highest BCUT2D eigenvalue weighted by Gasteiger charge is 2.10. The zero-order valence-corrected chi connectivity index (χ0v) is 12.4. The number of nitrogens with one attached hydrogen (secondary N) is 1. The van der Waals surface area contributed by atoms with Crippen LogP contribution in [0.5, 0.6) is 0 Å². The lowest BCUT2D eigenvalue weighted by molar-refractivity contribution is -0.136. The number of hydrogen-bond donors (Lipinski definition) is 2. The number of benzene rings is 1. The van der Waals surface area contributed by atoms with Crippen LogP contribution in [0.3, 0.4) is 0 Å². The Kier molecular flexibility index (Phi) is 5.55. The maximum Gasteiger partial charge on any atom is 0.305 e. The van der Waals surface area contributed by atoms with Crippen molar-refractivity contribution in [3.05, 3.63) is 53.7 Å². The molecule has 2 N–H and O–H groups in total. The number of nitrogens with zero attached hydrogens (tertiary/aromatic N) is 1. The van der Waals surface area contributed by atoms with Crippen LogP contribution in [0.4, 0.5) is 10.1 Å². The van der Waals surface area contributed by atoms with E-state index < -0.39 is 5.97 Å². The second kappa shape index (κ2) is 7.61. The molecule has 0 unspecified atom stereocenters. The maximum absolute atomic E-state index is 13.9. The first-order chi connectivity index (χ1) is 10.6. The Hall–Kier alpha value is -2.34. The van der Waals surface area contributed by atoms with Crippen LogP contribution in [0, 0.1) is 5.82 Å². The summed E-state index contributed by atoms with van der Waals surface area (Å²) in [7, 11) is 1.68. The SMILES string of the molecule is CN(CCC(=O)O)c1cc(CNCc2ccco2)ccc1F. The first-order valence-corrected chi connectivity index (χ1v) is 7.00. The van der Waals surface area contributed by atoms with Gasteiger partial charge >= 0.3 is 5.97 Å². The monoisotopic (exact) mass is 306 g/mol. The van der Waals surface area contributed by atoms with Crippen LogP contribution in [-0.4, -0.2) is 24.7 Å². The Balaban J connectivity index is 1.95. The molecule has 2 rings (SSSR count). The molecule has 0 radical (unpaired) electrons. The van der Waals surface area contributed by atoms with Gasteiger partial charge < -0.3 is 19.7 Å². The fourth-order valence-electron chi connectivity index (χ4n) is 2.09. The molecular weight excluding hydrogens is 287 g/mol. The average Bonchev–Trinajstić information content (AvgIpc) is 2.99. The van der Waals surface area contributed by atoms with E-state index in [-0.39, 0.29) is 18.8 Å². The number of carboxylic acid groups (broad SMARTS) is 1. The summed E-state index contributed by atoms with van der Waals surface area (Å²) in [5.74, 6) is -0.424. The average molecular weight is 306 g/mol. The van der Waals surface area contributed by atoms with Gasteiger partial charge in [-0.2, -0.15) is 0 Å². The van der Waals surface area contributed by atoms with Gasteiger partial charge in [0.2, 0.25) is 0 Å². The van der Waals surface area contributed by atoms with Gasteiger partial charge in [0.25, 0.3) is 0 Å². The molecule has 1 heterocycles. The fourth-order valence-corrected chi connectivity index (χ4v) is 2.09. The van der Waals surface area contributed by atoms with Crippen LogP contribution in [0.25, 0.3) is 0 Å². The number of carboxylic acids is 1. The summed E-state index contributed by atoms with van der Waals surface area (Å²) in [6.45, 7) is 1.42. The molecule has 0 aliphatic heterocycles. The van der Waals surface area contributed by atoms with Crippen molar-refractivity contribution in [2.45, 2.75) is 19.5 Å². The zero-order valence-electron chi connectivity index (χ0n) is 12.4. The Bertz CT molecular complexity index is 614. The number of aliphatic carboxylic acids is 1. The van der Waals surface area contributed by atoms with Gasteiger partial charge in [-0.25, -0.2) is 4.39 Å². The van der Waals surface area contributed by atoms with Crippen molar-refractivity contribution in [1.29, 1.82) is 0 Å². The molecule has 0 spiro atoms. The summed E-state index contributed by atoms with van der Waals surface area (Å²) in [4.78, 5) is 12.2. The van der Waals surface area contributed by atoms with Crippen LogP contribution >= 0.6 is 0 Å². The quantitative estimate of drug-likeness (QED) is 0.785. The maximum atomic E-state index is 13.9. The molecule has 22 heavy (non-hydrogen) atoms. The minimum Gasteiger partial charge on any atom is -0.481 e. The van der Waals surface area contributed by atoms with Crippen molar-refractivity contribution in [2.24, 2.45) is 0 Å². The second-order valence-corrected chi connectivity index (χ2v) is 5.03. The Morgan fingerprint density at radius 3 is 2.86 bits per heavy atom. The molecule has 0 saturated carbocycles. The van der Waals surface area contributed by atoms with Crippen molar-refractivity contribution in [3.63, 3.8) is 0 Å². The zero-order chi connectivity index (χ0) is 15.9. The van der Waals surface area contributed by atoms with Gasteiger partial charge in [-0.15, -0.1) is 0 Å². The Morgan fingerprint density at radius 1 is 1.36 bits per heavy atom. The molecule has 6 heteroatoms. The number of halogens is 1. The number of hydrogen-bond acceptors (Lipinski definition) is 4. The molecule has 0 fully saturated rings.